The van der Waals surface area contributed by atoms with Gasteiger partial charge in [0.2, 0.25) is 0 Å². The lowest BCUT2D eigenvalue weighted by Gasteiger charge is -2.27. The van der Waals surface area contributed by atoms with Crippen molar-refractivity contribution in [1.29, 1.82) is 0 Å². The van der Waals surface area contributed by atoms with Crippen molar-refractivity contribution < 1.29 is 4.79 Å². The summed E-state index contributed by atoms with van der Waals surface area (Å²) in [5.41, 5.74) is 1.92. The number of amides is 1. The quantitative estimate of drug-likeness (QED) is 0.911. The molecule has 3 nitrogen and oxygen atoms in total. The molecule has 0 aromatic heterocycles. The van der Waals surface area contributed by atoms with E-state index >= 15 is 0 Å². The minimum Gasteiger partial charge on any atom is -0.373 e. The van der Waals surface area contributed by atoms with Crippen molar-refractivity contribution in [2.45, 2.75) is 31.2 Å². The van der Waals surface area contributed by atoms with Gasteiger partial charge in [0.25, 0.3) is 5.91 Å². The van der Waals surface area contributed by atoms with Gasteiger partial charge in [0.1, 0.15) is 0 Å². The number of benzene rings is 1. The fourth-order valence-corrected chi connectivity index (χ4v) is 3.01. The van der Waals surface area contributed by atoms with E-state index in [-0.39, 0.29) is 11.9 Å². The van der Waals surface area contributed by atoms with E-state index in [1.54, 1.807) is 0 Å². The van der Waals surface area contributed by atoms with E-state index < -0.39 is 0 Å². The van der Waals surface area contributed by atoms with Gasteiger partial charge in [-0.15, -0.1) is 11.8 Å². The molecule has 1 atom stereocenters. The van der Waals surface area contributed by atoms with Crippen molar-refractivity contribution in [3.8, 4) is 0 Å². The Balaban J connectivity index is 2.20. The van der Waals surface area contributed by atoms with E-state index in [9.17, 15) is 4.79 Å². The van der Waals surface area contributed by atoms with Gasteiger partial charge < -0.3 is 10.2 Å². The van der Waals surface area contributed by atoms with Gasteiger partial charge in [0.05, 0.1) is 5.69 Å². The van der Waals surface area contributed by atoms with Crippen molar-refractivity contribution in [3.05, 3.63) is 23.8 Å². The molecule has 0 aliphatic carbocycles. The molecule has 0 fully saturated rings. The number of hydrogen-bond donors (Lipinski definition) is 1. The van der Waals surface area contributed by atoms with Crippen molar-refractivity contribution in [3.63, 3.8) is 0 Å². The second-order valence-corrected chi connectivity index (χ2v) is 5.87. The summed E-state index contributed by atoms with van der Waals surface area (Å²) in [6.07, 6.45) is 0.951. The zero-order valence-electron chi connectivity index (χ0n) is 11.2. The van der Waals surface area contributed by atoms with Crippen LogP contribution in [-0.2, 0) is 0 Å². The summed E-state index contributed by atoms with van der Waals surface area (Å²) in [5, 5.41) is 3.00. The predicted molar refractivity (Wildman–Crippen MR) is 77.7 cm³/mol. The summed E-state index contributed by atoms with van der Waals surface area (Å²) in [6.45, 7) is 5.13. The summed E-state index contributed by atoms with van der Waals surface area (Å²) in [7, 11) is 2.08. The Bertz CT molecular complexity index is 447. The number of nitrogens with one attached hydrogen (secondary N) is 1. The van der Waals surface area contributed by atoms with Gasteiger partial charge in [0, 0.05) is 35.8 Å². The number of rotatable bonds is 3. The van der Waals surface area contributed by atoms with E-state index in [4.69, 9.17) is 0 Å². The van der Waals surface area contributed by atoms with Crippen molar-refractivity contribution >= 4 is 23.4 Å². The summed E-state index contributed by atoms with van der Waals surface area (Å²) >= 11 is 1.86. The third kappa shape index (κ3) is 2.80. The van der Waals surface area contributed by atoms with E-state index in [2.05, 4.69) is 30.3 Å². The number of hydrogen-bond acceptors (Lipinski definition) is 3. The molecule has 1 aliphatic rings. The highest BCUT2D eigenvalue weighted by molar-refractivity contribution is 7.99. The van der Waals surface area contributed by atoms with E-state index in [0.717, 1.165) is 24.3 Å². The fourth-order valence-electron chi connectivity index (χ4n) is 1.90. The molecule has 1 heterocycles. The first-order chi connectivity index (χ1) is 8.61. The van der Waals surface area contributed by atoms with Gasteiger partial charge in [-0.05, 0) is 31.5 Å². The maximum atomic E-state index is 12.1. The SMILES string of the molecule is CCC(C)NC(=O)c1ccc2c(c1)N(C)CCS2. The summed E-state index contributed by atoms with van der Waals surface area (Å²) in [4.78, 5) is 15.6. The molecule has 0 spiro atoms. The third-order valence-electron chi connectivity index (χ3n) is 3.31. The topological polar surface area (TPSA) is 32.3 Å². The van der Waals surface area contributed by atoms with Crippen LogP contribution in [0, 0.1) is 0 Å². The summed E-state index contributed by atoms with van der Waals surface area (Å²) in [6, 6.07) is 6.20. The summed E-state index contributed by atoms with van der Waals surface area (Å²) < 4.78 is 0. The highest BCUT2D eigenvalue weighted by Crippen LogP contribution is 2.34. The molecule has 1 aliphatic heterocycles. The second-order valence-electron chi connectivity index (χ2n) is 4.74. The van der Waals surface area contributed by atoms with Crippen LogP contribution in [0.25, 0.3) is 0 Å². The Labute approximate surface area is 113 Å². The van der Waals surface area contributed by atoms with E-state index in [1.165, 1.54) is 10.6 Å². The maximum Gasteiger partial charge on any atom is 0.251 e. The average molecular weight is 264 g/mol. The molecule has 2 rings (SSSR count). The fraction of sp³-hybridized carbons (Fsp3) is 0.500. The van der Waals surface area contributed by atoms with Crippen LogP contribution in [0.15, 0.2) is 23.1 Å². The molecule has 1 aromatic rings. The van der Waals surface area contributed by atoms with Crippen molar-refractivity contribution in [2.24, 2.45) is 0 Å². The maximum absolute atomic E-state index is 12.1. The molecular formula is C14H20N2OS. The zero-order chi connectivity index (χ0) is 13.1. The Morgan fingerprint density at radius 3 is 3.06 bits per heavy atom. The average Bonchev–Trinajstić information content (AvgIpc) is 2.38. The minimum absolute atomic E-state index is 0.0242. The van der Waals surface area contributed by atoms with Crippen LogP contribution in [0.5, 0.6) is 0 Å². The second kappa shape index (κ2) is 5.65. The van der Waals surface area contributed by atoms with Crippen molar-refractivity contribution in [1.82, 2.24) is 5.32 Å². The van der Waals surface area contributed by atoms with Crippen LogP contribution in [0.2, 0.25) is 0 Å². The van der Waals surface area contributed by atoms with Gasteiger partial charge in [-0.1, -0.05) is 6.92 Å². The smallest absolute Gasteiger partial charge is 0.251 e. The van der Waals surface area contributed by atoms with Gasteiger partial charge >= 0.3 is 0 Å². The molecule has 0 radical (unpaired) electrons. The Morgan fingerprint density at radius 2 is 2.33 bits per heavy atom. The van der Waals surface area contributed by atoms with Gasteiger partial charge in [-0.25, -0.2) is 0 Å². The Morgan fingerprint density at radius 1 is 1.56 bits per heavy atom. The number of carbonyl (C=O) groups excluding carboxylic acids is 1. The van der Waals surface area contributed by atoms with Crippen LogP contribution in [-0.4, -0.2) is 31.3 Å². The van der Waals surface area contributed by atoms with Crippen molar-refractivity contribution in [2.75, 3.05) is 24.2 Å². The number of thioether (sulfide) groups is 1. The molecule has 18 heavy (non-hydrogen) atoms. The lowest BCUT2D eigenvalue weighted by molar-refractivity contribution is 0.0939. The lowest BCUT2D eigenvalue weighted by atomic mass is 10.1. The number of fused-ring (bicyclic) bond motifs is 1. The molecule has 98 valence electrons. The molecule has 1 amide bonds. The summed E-state index contributed by atoms with van der Waals surface area (Å²) in [5.74, 6) is 1.14. The standard InChI is InChI=1S/C14H20N2OS/c1-4-10(2)15-14(17)11-5-6-13-12(9-11)16(3)7-8-18-13/h5-6,9-10H,4,7-8H2,1-3H3,(H,15,17). The normalized spacial score (nSPS) is 16.1. The van der Waals surface area contributed by atoms with Crippen LogP contribution >= 0.6 is 11.8 Å². The number of anilines is 1. The van der Waals surface area contributed by atoms with Crippen LogP contribution in [0.4, 0.5) is 5.69 Å². The number of carbonyl (C=O) groups is 1. The molecule has 1 unspecified atom stereocenters. The molecule has 1 aromatic carbocycles. The van der Waals surface area contributed by atoms with Crippen LogP contribution < -0.4 is 10.2 Å². The van der Waals surface area contributed by atoms with Crippen LogP contribution in [0.1, 0.15) is 30.6 Å². The monoisotopic (exact) mass is 264 g/mol. The lowest BCUT2D eigenvalue weighted by Crippen LogP contribution is -2.32. The molecule has 0 bridgehead atoms. The van der Waals surface area contributed by atoms with E-state index in [0.29, 0.717) is 0 Å². The first-order valence-corrected chi connectivity index (χ1v) is 7.39. The van der Waals surface area contributed by atoms with Gasteiger partial charge in [0.15, 0.2) is 0 Å². The Kier molecular flexibility index (Phi) is 4.17. The van der Waals surface area contributed by atoms with E-state index in [1.807, 2.05) is 30.8 Å². The third-order valence-corrected chi connectivity index (χ3v) is 4.35. The number of nitrogens with zero attached hydrogens (tertiary/aromatic N) is 1. The molecule has 4 heteroatoms. The Hall–Kier alpha value is -1.16. The van der Waals surface area contributed by atoms with Crippen LogP contribution in [0.3, 0.4) is 0 Å². The van der Waals surface area contributed by atoms with Gasteiger partial charge in [-0.2, -0.15) is 0 Å². The highest BCUT2D eigenvalue weighted by Gasteiger charge is 2.17. The molecular weight excluding hydrogens is 244 g/mol. The molecule has 0 saturated carbocycles. The molecule has 1 N–H and O–H groups in total. The minimum atomic E-state index is 0.0242. The zero-order valence-corrected chi connectivity index (χ0v) is 12.0. The first kappa shape index (κ1) is 13.3. The largest absolute Gasteiger partial charge is 0.373 e. The highest BCUT2D eigenvalue weighted by atomic mass is 32.2. The first-order valence-electron chi connectivity index (χ1n) is 6.40. The van der Waals surface area contributed by atoms with Gasteiger partial charge in [-0.3, -0.25) is 4.79 Å². The molecule has 0 saturated heterocycles. The predicted octanol–water partition coefficient (Wildman–Crippen LogP) is 2.76.